The highest BCUT2D eigenvalue weighted by Crippen LogP contribution is 2.56. The van der Waals surface area contributed by atoms with Crippen molar-refractivity contribution in [2.45, 2.75) is 45.1 Å². The third-order valence-corrected chi connectivity index (χ3v) is 6.53. The first kappa shape index (κ1) is 17.4. The Balaban J connectivity index is 1.37. The van der Waals surface area contributed by atoms with E-state index in [1.165, 1.54) is 6.42 Å². The van der Waals surface area contributed by atoms with Gasteiger partial charge in [0.05, 0.1) is 18.7 Å². The number of methoxy groups -OCH3 is 1. The number of carbonyl (C=O) groups is 2. The van der Waals surface area contributed by atoms with Crippen LogP contribution in [0.5, 0.6) is 5.75 Å². The fourth-order valence-corrected chi connectivity index (χ4v) is 5.60. The zero-order valence-electron chi connectivity index (χ0n) is 15.4. The lowest BCUT2D eigenvalue weighted by Crippen LogP contribution is -2.49. The highest BCUT2D eigenvalue weighted by molar-refractivity contribution is 5.96. The van der Waals surface area contributed by atoms with Gasteiger partial charge in [-0.1, -0.05) is 12.1 Å². The van der Waals surface area contributed by atoms with Gasteiger partial charge in [0.25, 0.3) is 5.91 Å². The van der Waals surface area contributed by atoms with Crippen LogP contribution in [0.4, 0.5) is 5.69 Å². The molecule has 4 saturated carbocycles. The molecule has 1 amide bonds. The van der Waals surface area contributed by atoms with Crippen molar-refractivity contribution in [3.63, 3.8) is 0 Å². The zero-order valence-corrected chi connectivity index (χ0v) is 15.4. The van der Waals surface area contributed by atoms with E-state index in [1.807, 2.05) is 12.1 Å². The number of hydrogen-bond donors (Lipinski definition) is 1. The number of esters is 1. The van der Waals surface area contributed by atoms with Crippen LogP contribution in [0.15, 0.2) is 24.3 Å². The molecule has 26 heavy (non-hydrogen) atoms. The van der Waals surface area contributed by atoms with E-state index >= 15 is 0 Å². The van der Waals surface area contributed by atoms with Crippen molar-refractivity contribution in [1.29, 1.82) is 0 Å². The van der Waals surface area contributed by atoms with Crippen LogP contribution in [0.1, 0.15) is 39.0 Å². The first-order chi connectivity index (χ1) is 12.5. The minimum Gasteiger partial charge on any atom is -0.495 e. The van der Waals surface area contributed by atoms with Crippen molar-refractivity contribution in [1.82, 2.24) is 0 Å². The number of benzene rings is 1. The molecule has 0 unspecified atom stereocenters. The maximum absolute atomic E-state index is 12.8. The number of amides is 1. The summed E-state index contributed by atoms with van der Waals surface area (Å²) in [5.74, 6) is 2.62. The summed E-state index contributed by atoms with van der Waals surface area (Å²) in [5, 5.41) is 2.79. The Kier molecular flexibility index (Phi) is 4.63. The molecule has 0 aliphatic heterocycles. The first-order valence-corrected chi connectivity index (χ1v) is 9.69. The molecule has 0 radical (unpaired) electrons. The van der Waals surface area contributed by atoms with E-state index in [0.29, 0.717) is 23.3 Å². The number of carbonyl (C=O) groups excluding carboxylic acids is 2. The van der Waals surface area contributed by atoms with Gasteiger partial charge in [0.15, 0.2) is 6.10 Å². The number of anilines is 1. The van der Waals surface area contributed by atoms with Crippen molar-refractivity contribution >= 4 is 17.6 Å². The summed E-state index contributed by atoms with van der Waals surface area (Å²) in [7, 11) is 1.56. The topological polar surface area (TPSA) is 64.6 Å². The number of nitrogens with one attached hydrogen (secondary N) is 1. The van der Waals surface area contributed by atoms with E-state index in [0.717, 1.165) is 37.5 Å². The predicted molar refractivity (Wildman–Crippen MR) is 97.7 cm³/mol. The molecule has 4 bridgehead atoms. The van der Waals surface area contributed by atoms with Crippen molar-refractivity contribution in [2.24, 2.45) is 29.6 Å². The van der Waals surface area contributed by atoms with Crippen LogP contribution in [0.25, 0.3) is 0 Å². The summed E-state index contributed by atoms with van der Waals surface area (Å²) in [4.78, 5) is 25.3. The van der Waals surface area contributed by atoms with E-state index in [1.54, 1.807) is 26.2 Å². The normalized spacial score (nSPS) is 32.8. The Morgan fingerprint density at radius 1 is 1.04 bits per heavy atom. The lowest BCUT2D eigenvalue weighted by atomic mass is 9.52. The molecule has 0 spiro atoms. The summed E-state index contributed by atoms with van der Waals surface area (Å²) in [5.41, 5.74) is 0.581. The number of rotatable bonds is 5. The molecule has 0 saturated heterocycles. The highest BCUT2D eigenvalue weighted by atomic mass is 16.5. The monoisotopic (exact) mass is 357 g/mol. The van der Waals surface area contributed by atoms with Crippen LogP contribution in [-0.2, 0) is 14.3 Å². The van der Waals surface area contributed by atoms with E-state index in [4.69, 9.17) is 9.47 Å². The molecule has 0 aromatic heterocycles. The molecule has 140 valence electrons. The number of para-hydroxylation sites is 2. The Hall–Kier alpha value is -2.04. The second-order valence-electron chi connectivity index (χ2n) is 8.23. The van der Waals surface area contributed by atoms with E-state index < -0.39 is 6.10 Å². The third-order valence-electron chi connectivity index (χ3n) is 6.53. The van der Waals surface area contributed by atoms with Crippen LogP contribution in [0, 0.1) is 29.6 Å². The van der Waals surface area contributed by atoms with Crippen molar-refractivity contribution < 1.29 is 19.1 Å². The maximum Gasteiger partial charge on any atom is 0.310 e. The van der Waals surface area contributed by atoms with Gasteiger partial charge >= 0.3 is 5.97 Å². The fourth-order valence-electron chi connectivity index (χ4n) is 5.60. The van der Waals surface area contributed by atoms with Gasteiger partial charge in [0.2, 0.25) is 0 Å². The van der Waals surface area contributed by atoms with Crippen LogP contribution in [-0.4, -0.2) is 25.1 Å². The standard InChI is InChI=1S/C21H27NO4/c1-12(20(23)22-17-5-3-4-6-18(17)25-2)26-21(24)19-15-8-13-7-14(10-15)11-16(19)9-13/h3-6,12-16,19H,7-11H2,1-2H3,(H,22,23)/t12-,13?,14?,15?,16?,19?/m0/s1. The van der Waals surface area contributed by atoms with Crippen LogP contribution >= 0.6 is 0 Å². The van der Waals surface area contributed by atoms with Crippen LogP contribution < -0.4 is 10.1 Å². The summed E-state index contributed by atoms with van der Waals surface area (Å²) in [6.45, 7) is 1.64. The third kappa shape index (κ3) is 3.19. The molecule has 1 aromatic rings. The molecule has 5 rings (SSSR count). The zero-order chi connectivity index (χ0) is 18.3. The maximum atomic E-state index is 12.8. The highest BCUT2D eigenvalue weighted by Gasteiger charge is 2.51. The largest absolute Gasteiger partial charge is 0.495 e. The molecule has 5 heteroatoms. The quantitative estimate of drug-likeness (QED) is 0.817. The van der Waals surface area contributed by atoms with Gasteiger partial charge in [-0.05, 0) is 74.8 Å². The van der Waals surface area contributed by atoms with Gasteiger partial charge in [-0.25, -0.2) is 0 Å². The van der Waals surface area contributed by atoms with Gasteiger partial charge in [-0.15, -0.1) is 0 Å². The minimum absolute atomic E-state index is 0.00990. The summed E-state index contributed by atoms with van der Waals surface area (Å²) < 4.78 is 10.8. The molecule has 1 atom stereocenters. The van der Waals surface area contributed by atoms with Crippen molar-refractivity contribution in [3.8, 4) is 5.75 Å². The second kappa shape index (κ2) is 6.93. The predicted octanol–water partition coefficient (Wildman–Crippen LogP) is 3.64. The molecule has 4 aliphatic rings. The van der Waals surface area contributed by atoms with Crippen LogP contribution in [0.2, 0.25) is 0 Å². The average molecular weight is 357 g/mol. The van der Waals surface area contributed by atoms with Crippen LogP contribution in [0.3, 0.4) is 0 Å². The SMILES string of the molecule is COc1ccccc1NC(=O)[C@H](C)OC(=O)C1C2CC3CC(C2)CC1C3. The molecule has 5 nitrogen and oxygen atoms in total. The lowest BCUT2D eigenvalue weighted by Gasteiger charge is -2.53. The van der Waals surface area contributed by atoms with Gasteiger partial charge in [-0.2, -0.15) is 0 Å². The molecular weight excluding hydrogens is 330 g/mol. The smallest absolute Gasteiger partial charge is 0.310 e. The summed E-state index contributed by atoms with van der Waals surface area (Å²) >= 11 is 0. The molecule has 1 N–H and O–H groups in total. The molecule has 4 aliphatic carbocycles. The van der Waals surface area contributed by atoms with Gasteiger partial charge in [0, 0.05) is 0 Å². The first-order valence-electron chi connectivity index (χ1n) is 9.69. The Bertz CT molecular complexity index is 673. The van der Waals surface area contributed by atoms with E-state index in [9.17, 15) is 9.59 Å². The summed E-state index contributed by atoms with van der Waals surface area (Å²) in [6, 6.07) is 7.21. The Morgan fingerprint density at radius 2 is 1.65 bits per heavy atom. The Morgan fingerprint density at radius 3 is 2.27 bits per heavy atom. The second-order valence-corrected chi connectivity index (χ2v) is 8.23. The summed E-state index contributed by atoms with van der Waals surface area (Å²) in [6.07, 6.45) is 5.18. The van der Waals surface area contributed by atoms with Gasteiger partial charge < -0.3 is 14.8 Å². The average Bonchev–Trinajstić information content (AvgIpc) is 2.61. The fraction of sp³-hybridized carbons (Fsp3) is 0.619. The van der Waals surface area contributed by atoms with Gasteiger partial charge in [0.1, 0.15) is 5.75 Å². The van der Waals surface area contributed by atoms with E-state index in [-0.39, 0.29) is 17.8 Å². The Labute approximate surface area is 154 Å². The number of ether oxygens (including phenoxy) is 2. The molecule has 1 aromatic carbocycles. The molecule has 4 fully saturated rings. The number of hydrogen-bond acceptors (Lipinski definition) is 4. The van der Waals surface area contributed by atoms with Crippen molar-refractivity contribution in [2.75, 3.05) is 12.4 Å². The lowest BCUT2D eigenvalue weighted by molar-refractivity contribution is -0.169. The van der Waals surface area contributed by atoms with E-state index in [2.05, 4.69) is 5.32 Å². The van der Waals surface area contributed by atoms with Crippen molar-refractivity contribution in [3.05, 3.63) is 24.3 Å². The van der Waals surface area contributed by atoms with Gasteiger partial charge in [-0.3, -0.25) is 9.59 Å². The minimum atomic E-state index is -0.815. The molecule has 0 heterocycles. The molecular formula is C21H27NO4.